The van der Waals surface area contributed by atoms with Gasteiger partial charge in [0.15, 0.2) is 6.10 Å². The van der Waals surface area contributed by atoms with Crippen LogP contribution in [0.1, 0.15) is 24.0 Å². The van der Waals surface area contributed by atoms with Crippen molar-refractivity contribution in [2.45, 2.75) is 31.9 Å². The molecule has 3 heterocycles. The van der Waals surface area contributed by atoms with E-state index in [9.17, 15) is 18.0 Å². The Bertz CT molecular complexity index is 1240. The molecule has 0 aromatic heterocycles. The summed E-state index contributed by atoms with van der Waals surface area (Å²) in [6.45, 7) is 3.38. The van der Waals surface area contributed by atoms with E-state index in [-0.39, 0.29) is 30.2 Å². The average Bonchev–Trinajstić information content (AvgIpc) is 2.88. The number of benzene rings is 3. The van der Waals surface area contributed by atoms with E-state index in [0.717, 1.165) is 30.4 Å². The number of amides is 1. The number of hydrogen-bond acceptors (Lipinski definition) is 2. The fourth-order valence-electron chi connectivity index (χ4n) is 5.66. The second-order valence-electron chi connectivity index (χ2n) is 10.1. The highest BCUT2D eigenvalue weighted by molar-refractivity contribution is 6.31. The molecule has 4 nitrogen and oxygen atoms in total. The van der Waals surface area contributed by atoms with Crippen LogP contribution in [0.15, 0.2) is 66.7 Å². The third kappa shape index (κ3) is 5.78. The number of carbonyl (C=O) groups is 1. The monoisotopic (exact) mass is 529 g/mol. The smallest absolute Gasteiger partial charge is 0.415 e. The SMILES string of the molecule is O=C(O[C@H]1C[N+]2(CCc3c(F)cccc3Cl)CCC1CC2)N(Cc1ccc(F)cc1)c1cccc(F)c1. The summed E-state index contributed by atoms with van der Waals surface area (Å²) >= 11 is 6.25. The molecule has 3 aliphatic rings. The minimum absolute atomic E-state index is 0.117. The summed E-state index contributed by atoms with van der Waals surface area (Å²) in [7, 11) is 0. The molecular weight excluding hydrogens is 501 g/mol. The Hall–Kier alpha value is -3.03. The van der Waals surface area contributed by atoms with Crippen molar-refractivity contribution in [3.05, 3.63) is 100 Å². The van der Waals surface area contributed by atoms with Crippen LogP contribution >= 0.6 is 11.6 Å². The first-order valence-corrected chi connectivity index (χ1v) is 13.0. The lowest BCUT2D eigenvalue weighted by Crippen LogP contribution is -2.65. The van der Waals surface area contributed by atoms with Gasteiger partial charge in [0.05, 0.1) is 31.9 Å². The number of ether oxygens (including phenoxy) is 1. The van der Waals surface area contributed by atoms with Crippen molar-refractivity contribution < 1.29 is 27.2 Å². The van der Waals surface area contributed by atoms with Crippen LogP contribution in [0.4, 0.5) is 23.7 Å². The van der Waals surface area contributed by atoms with Gasteiger partial charge in [-0.3, -0.25) is 4.90 Å². The minimum Gasteiger partial charge on any atom is -0.440 e. The molecule has 37 heavy (non-hydrogen) atoms. The molecule has 0 unspecified atom stereocenters. The molecule has 3 aliphatic heterocycles. The highest BCUT2D eigenvalue weighted by Crippen LogP contribution is 2.37. The third-order valence-electron chi connectivity index (χ3n) is 7.79. The summed E-state index contributed by atoms with van der Waals surface area (Å²) in [5.41, 5.74) is 1.59. The van der Waals surface area contributed by atoms with Gasteiger partial charge in [-0.25, -0.2) is 18.0 Å². The molecule has 0 spiro atoms. The van der Waals surface area contributed by atoms with E-state index in [1.54, 1.807) is 30.3 Å². The standard InChI is InChI=1S/C29H29ClF3N2O2/c30-26-5-2-6-27(33)25(26)13-16-35-14-11-21(12-15-35)28(19-35)37-29(36)34(24-4-1-3-23(32)17-24)18-20-7-9-22(31)10-8-20/h1-10,17,21,28H,11-16,18-19H2/q+1/t21?,28-,35?/m0/s1. The van der Waals surface area contributed by atoms with Crippen molar-refractivity contribution in [2.24, 2.45) is 5.92 Å². The van der Waals surface area contributed by atoms with Gasteiger partial charge in [-0.15, -0.1) is 0 Å². The molecule has 0 saturated carbocycles. The molecule has 1 atom stereocenters. The number of fused-ring (bicyclic) bond motifs is 3. The molecule has 2 bridgehead atoms. The molecule has 0 radical (unpaired) electrons. The molecular formula is C29H29ClF3N2O2+. The van der Waals surface area contributed by atoms with Gasteiger partial charge in [0.2, 0.25) is 0 Å². The van der Waals surface area contributed by atoms with Crippen LogP contribution in [-0.4, -0.2) is 42.9 Å². The van der Waals surface area contributed by atoms with Crippen molar-refractivity contribution >= 4 is 23.4 Å². The Labute approximate surface area is 219 Å². The largest absolute Gasteiger partial charge is 0.440 e. The van der Waals surface area contributed by atoms with Crippen molar-refractivity contribution in [1.82, 2.24) is 0 Å². The Morgan fingerprint density at radius 3 is 2.41 bits per heavy atom. The number of rotatable bonds is 7. The first-order valence-electron chi connectivity index (χ1n) is 12.6. The van der Waals surface area contributed by atoms with Gasteiger partial charge < -0.3 is 9.22 Å². The summed E-state index contributed by atoms with van der Waals surface area (Å²) in [5, 5.41) is 0.430. The molecule has 8 heteroatoms. The molecule has 3 aromatic carbocycles. The van der Waals surface area contributed by atoms with E-state index in [2.05, 4.69) is 0 Å². The maximum absolute atomic E-state index is 14.4. The summed E-state index contributed by atoms with van der Waals surface area (Å²) in [4.78, 5) is 14.9. The molecule has 6 rings (SSSR count). The maximum Gasteiger partial charge on any atom is 0.415 e. The van der Waals surface area contributed by atoms with Gasteiger partial charge >= 0.3 is 6.09 Å². The quantitative estimate of drug-likeness (QED) is 0.317. The number of quaternary nitrogens is 1. The average molecular weight is 530 g/mol. The third-order valence-corrected chi connectivity index (χ3v) is 8.14. The topological polar surface area (TPSA) is 29.5 Å². The Kier molecular flexibility index (Phi) is 7.45. The van der Waals surface area contributed by atoms with Gasteiger partial charge in [-0.2, -0.15) is 0 Å². The van der Waals surface area contributed by atoms with Crippen LogP contribution in [0.3, 0.4) is 0 Å². The maximum atomic E-state index is 14.4. The van der Waals surface area contributed by atoms with E-state index in [4.69, 9.17) is 16.3 Å². The number of halogens is 4. The lowest BCUT2D eigenvalue weighted by atomic mass is 9.83. The number of carbonyl (C=O) groups excluding carboxylic acids is 1. The lowest BCUT2D eigenvalue weighted by molar-refractivity contribution is -0.946. The molecule has 0 N–H and O–H groups in total. The molecule has 194 valence electrons. The second-order valence-corrected chi connectivity index (χ2v) is 10.5. The first-order chi connectivity index (χ1) is 17.8. The van der Waals surface area contributed by atoms with Crippen LogP contribution in [-0.2, 0) is 17.7 Å². The van der Waals surface area contributed by atoms with Gasteiger partial charge in [-0.1, -0.05) is 35.9 Å². The normalized spacial score (nSPS) is 22.6. The van der Waals surface area contributed by atoms with E-state index in [1.807, 2.05) is 0 Å². The summed E-state index contributed by atoms with van der Waals surface area (Å²) in [5.74, 6) is -0.886. The molecule has 3 saturated heterocycles. The van der Waals surface area contributed by atoms with E-state index in [1.165, 1.54) is 41.3 Å². The van der Waals surface area contributed by atoms with Crippen LogP contribution in [0.2, 0.25) is 5.02 Å². The zero-order valence-corrected chi connectivity index (χ0v) is 21.1. The number of anilines is 1. The second kappa shape index (κ2) is 10.8. The van der Waals surface area contributed by atoms with Gasteiger partial charge in [0.25, 0.3) is 0 Å². The first kappa shape index (κ1) is 25.6. The van der Waals surface area contributed by atoms with E-state index < -0.39 is 11.9 Å². The van der Waals surface area contributed by atoms with Crippen molar-refractivity contribution in [3.8, 4) is 0 Å². The number of nitrogens with zero attached hydrogens (tertiary/aromatic N) is 2. The van der Waals surface area contributed by atoms with Crippen LogP contribution in [0.5, 0.6) is 0 Å². The zero-order valence-electron chi connectivity index (χ0n) is 20.4. The van der Waals surface area contributed by atoms with Crippen LogP contribution in [0.25, 0.3) is 0 Å². The van der Waals surface area contributed by atoms with Crippen LogP contribution < -0.4 is 4.90 Å². The molecule has 1 amide bonds. The number of piperidine rings is 3. The summed E-state index contributed by atoms with van der Waals surface area (Å²) in [6.07, 6.45) is 1.48. The fraction of sp³-hybridized carbons (Fsp3) is 0.345. The highest BCUT2D eigenvalue weighted by Gasteiger charge is 2.47. The van der Waals surface area contributed by atoms with E-state index in [0.29, 0.717) is 41.3 Å². The highest BCUT2D eigenvalue weighted by atomic mass is 35.5. The Morgan fingerprint density at radius 1 is 0.973 bits per heavy atom. The fourth-order valence-corrected chi connectivity index (χ4v) is 5.92. The van der Waals surface area contributed by atoms with Gasteiger partial charge in [0, 0.05) is 35.8 Å². The van der Waals surface area contributed by atoms with Crippen molar-refractivity contribution in [3.63, 3.8) is 0 Å². The molecule has 3 fully saturated rings. The minimum atomic E-state index is -0.566. The summed E-state index contributed by atoms with van der Waals surface area (Å²) < 4.78 is 48.6. The van der Waals surface area contributed by atoms with Crippen molar-refractivity contribution in [2.75, 3.05) is 31.1 Å². The van der Waals surface area contributed by atoms with E-state index >= 15 is 0 Å². The van der Waals surface area contributed by atoms with Gasteiger partial charge in [-0.05, 0) is 48.0 Å². The Morgan fingerprint density at radius 2 is 1.70 bits per heavy atom. The zero-order chi connectivity index (χ0) is 26.0. The Balaban J connectivity index is 1.32. The van der Waals surface area contributed by atoms with Crippen LogP contribution in [0, 0.1) is 23.4 Å². The lowest BCUT2D eigenvalue weighted by Gasteiger charge is -2.52. The van der Waals surface area contributed by atoms with Crippen molar-refractivity contribution in [1.29, 1.82) is 0 Å². The predicted molar refractivity (Wildman–Crippen MR) is 137 cm³/mol. The summed E-state index contributed by atoms with van der Waals surface area (Å²) in [6, 6.07) is 16.4. The predicted octanol–water partition coefficient (Wildman–Crippen LogP) is 6.75. The molecule has 0 aliphatic carbocycles. The van der Waals surface area contributed by atoms with Gasteiger partial charge in [0.1, 0.15) is 24.0 Å². The number of hydrogen-bond donors (Lipinski definition) is 0. The molecule has 3 aromatic rings.